The number of nitrogens with zero attached hydrogens (tertiary/aromatic N) is 1. The summed E-state index contributed by atoms with van der Waals surface area (Å²) in [7, 11) is 0. The number of nitro benzene ring substituents is 1. The Labute approximate surface area is 105 Å². The fraction of sp³-hybridized carbons (Fsp3) is 0.357. The van der Waals surface area contributed by atoms with E-state index in [2.05, 4.69) is 0 Å². The number of hydrogen-bond donors (Lipinski definition) is 0. The van der Waals surface area contributed by atoms with E-state index in [1.54, 1.807) is 12.1 Å². The van der Waals surface area contributed by atoms with Crippen LogP contribution in [0.4, 0.5) is 5.69 Å². The van der Waals surface area contributed by atoms with Crippen molar-refractivity contribution in [3.63, 3.8) is 0 Å². The molecule has 1 saturated carbocycles. The number of hydrogen-bond acceptors (Lipinski definition) is 3. The number of Topliss-reactive ketones (excluding diaryl/α,β-unsaturated/α-hetero) is 1. The van der Waals surface area contributed by atoms with E-state index >= 15 is 0 Å². The molecule has 0 aliphatic heterocycles. The minimum absolute atomic E-state index is 0.0699. The molecular formula is C14H15NO3. The fourth-order valence-electron chi connectivity index (χ4n) is 2.21. The molecule has 1 aromatic rings. The molecule has 0 radical (unpaired) electrons. The Bertz CT molecular complexity index is 502. The maximum absolute atomic E-state index is 11.9. The highest BCUT2D eigenvalue weighted by molar-refractivity contribution is 6.01. The van der Waals surface area contributed by atoms with Gasteiger partial charge in [-0.2, -0.15) is 0 Å². The lowest BCUT2D eigenvalue weighted by molar-refractivity contribution is -0.384. The second kappa shape index (κ2) is 5.12. The highest BCUT2D eigenvalue weighted by Gasteiger charge is 2.22. The number of carbonyl (C=O) groups excluding carboxylic acids is 1. The van der Waals surface area contributed by atoms with Crippen molar-refractivity contribution in [3.05, 3.63) is 45.5 Å². The molecule has 1 aliphatic rings. The molecule has 4 nitrogen and oxygen atoms in total. The average molecular weight is 245 g/mol. The summed E-state index contributed by atoms with van der Waals surface area (Å²) in [6, 6.07) is 6.28. The van der Waals surface area contributed by atoms with Gasteiger partial charge in [0.25, 0.3) is 5.69 Å². The number of carbonyl (C=O) groups is 1. The van der Waals surface area contributed by atoms with Gasteiger partial charge in [0.2, 0.25) is 0 Å². The van der Waals surface area contributed by atoms with Crippen LogP contribution >= 0.6 is 0 Å². The van der Waals surface area contributed by atoms with E-state index in [1.165, 1.54) is 12.1 Å². The molecule has 0 saturated heterocycles. The lowest BCUT2D eigenvalue weighted by atomic mass is 9.84. The molecule has 0 amide bonds. The summed E-state index contributed by atoms with van der Waals surface area (Å²) >= 11 is 0. The van der Waals surface area contributed by atoms with Crippen LogP contribution in [0.2, 0.25) is 0 Å². The summed E-state index contributed by atoms with van der Waals surface area (Å²) in [5.74, 6) is 0.308. The molecule has 0 N–H and O–H groups in total. The van der Waals surface area contributed by atoms with Gasteiger partial charge in [0, 0.05) is 18.1 Å². The predicted octanol–water partition coefficient (Wildman–Crippen LogP) is 3.37. The SMILES string of the molecule is C[C@H]1CCC/C(=C\c2ccc([N+](=O)[O-])cc2)C1=O. The van der Waals surface area contributed by atoms with E-state index in [1.807, 2.05) is 13.0 Å². The van der Waals surface area contributed by atoms with Crippen molar-refractivity contribution in [2.24, 2.45) is 5.92 Å². The normalized spacial score (nSPS) is 22.2. The molecule has 0 heterocycles. The topological polar surface area (TPSA) is 60.2 Å². The molecule has 4 heteroatoms. The molecule has 18 heavy (non-hydrogen) atoms. The fourth-order valence-corrected chi connectivity index (χ4v) is 2.21. The van der Waals surface area contributed by atoms with Gasteiger partial charge in [0.05, 0.1) is 4.92 Å². The van der Waals surface area contributed by atoms with Crippen molar-refractivity contribution in [1.29, 1.82) is 0 Å². The third-order valence-corrected chi connectivity index (χ3v) is 3.29. The number of benzene rings is 1. The maximum atomic E-state index is 11.9. The first-order valence-corrected chi connectivity index (χ1v) is 6.07. The molecule has 0 aromatic heterocycles. The predicted molar refractivity (Wildman–Crippen MR) is 69.1 cm³/mol. The Hall–Kier alpha value is -1.97. The van der Waals surface area contributed by atoms with Crippen molar-refractivity contribution in [2.45, 2.75) is 26.2 Å². The zero-order chi connectivity index (χ0) is 13.1. The summed E-state index contributed by atoms with van der Waals surface area (Å²) in [4.78, 5) is 22.0. The Morgan fingerprint density at radius 1 is 1.33 bits per heavy atom. The van der Waals surface area contributed by atoms with Crippen molar-refractivity contribution in [1.82, 2.24) is 0 Å². The molecule has 1 fully saturated rings. The second-order valence-corrected chi connectivity index (χ2v) is 4.68. The van der Waals surface area contributed by atoms with Crippen molar-refractivity contribution in [2.75, 3.05) is 0 Å². The molecule has 2 rings (SSSR count). The van der Waals surface area contributed by atoms with E-state index in [0.29, 0.717) is 0 Å². The smallest absolute Gasteiger partial charge is 0.269 e. The van der Waals surface area contributed by atoms with Crippen LogP contribution in [0.15, 0.2) is 29.8 Å². The molecule has 0 unspecified atom stereocenters. The number of ketones is 1. The Kier molecular flexibility index (Phi) is 3.55. The monoisotopic (exact) mass is 245 g/mol. The van der Waals surface area contributed by atoms with E-state index in [-0.39, 0.29) is 17.4 Å². The van der Waals surface area contributed by atoms with Crippen LogP contribution in [-0.2, 0) is 4.79 Å². The average Bonchev–Trinajstić information content (AvgIpc) is 2.36. The van der Waals surface area contributed by atoms with Gasteiger partial charge >= 0.3 is 0 Å². The molecule has 0 bridgehead atoms. The van der Waals surface area contributed by atoms with E-state index in [0.717, 1.165) is 30.4 Å². The highest BCUT2D eigenvalue weighted by atomic mass is 16.6. The summed E-state index contributed by atoms with van der Waals surface area (Å²) in [5, 5.41) is 10.5. The van der Waals surface area contributed by atoms with Crippen LogP contribution in [0, 0.1) is 16.0 Å². The van der Waals surface area contributed by atoms with Crippen LogP contribution in [0.1, 0.15) is 31.7 Å². The van der Waals surface area contributed by atoms with Gasteiger partial charge in [-0.1, -0.05) is 6.92 Å². The van der Waals surface area contributed by atoms with Gasteiger partial charge in [-0.05, 0) is 48.6 Å². The first kappa shape index (κ1) is 12.5. The third kappa shape index (κ3) is 2.64. The van der Waals surface area contributed by atoms with Crippen LogP contribution in [0.25, 0.3) is 6.08 Å². The van der Waals surface area contributed by atoms with Gasteiger partial charge in [0.1, 0.15) is 0 Å². The second-order valence-electron chi connectivity index (χ2n) is 4.68. The van der Waals surface area contributed by atoms with Crippen molar-refractivity contribution in [3.8, 4) is 0 Å². The lowest BCUT2D eigenvalue weighted by Crippen LogP contribution is -2.18. The minimum atomic E-state index is -0.426. The molecule has 1 atom stereocenters. The van der Waals surface area contributed by atoms with E-state index in [9.17, 15) is 14.9 Å². The van der Waals surface area contributed by atoms with Gasteiger partial charge in [-0.15, -0.1) is 0 Å². The lowest BCUT2D eigenvalue weighted by Gasteiger charge is -2.19. The molecule has 1 aliphatic carbocycles. The number of non-ortho nitro benzene ring substituents is 1. The van der Waals surface area contributed by atoms with Crippen LogP contribution in [0.5, 0.6) is 0 Å². The summed E-state index contributed by atoms with van der Waals surface area (Å²) in [6.45, 7) is 1.95. The van der Waals surface area contributed by atoms with Crippen molar-refractivity contribution < 1.29 is 9.72 Å². The first-order chi connectivity index (χ1) is 8.58. The number of nitro groups is 1. The first-order valence-electron chi connectivity index (χ1n) is 6.07. The van der Waals surface area contributed by atoms with E-state index < -0.39 is 4.92 Å². The number of rotatable bonds is 2. The molecule has 1 aromatic carbocycles. The minimum Gasteiger partial charge on any atom is -0.294 e. The molecule has 94 valence electrons. The molecule has 0 spiro atoms. The largest absolute Gasteiger partial charge is 0.294 e. The molecular weight excluding hydrogens is 230 g/mol. The Morgan fingerprint density at radius 2 is 2.00 bits per heavy atom. The number of allylic oxidation sites excluding steroid dienone is 1. The summed E-state index contributed by atoms with van der Waals surface area (Å²) < 4.78 is 0. The zero-order valence-electron chi connectivity index (χ0n) is 10.3. The van der Waals surface area contributed by atoms with Gasteiger partial charge in [-0.3, -0.25) is 14.9 Å². The Morgan fingerprint density at radius 3 is 2.61 bits per heavy atom. The standard InChI is InChI=1S/C14H15NO3/c1-10-3-2-4-12(14(10)16)9-11-5-7-13(8-6-11)15(17)18/h5-10H,2-4H2,1H3/b12-9+/t10-/m0/s1. The quantitative estimate of drug-likeness (QED) is 0.456. The van der Waals surface area contributed by atoms with Gasteiger partial charge < -0.3 is 0 Å². The van der Waals surface area contributed by atoms with E-state index in [4.69, 9.17) is 0 Å². The summed E-state index contributed by atoms with van der Waals surface area (Å²) in [6.07, 6.45) is 4.64. The summed E-state index contributed by atoms with van der Waals surface area (Å²) in [5.41, 5.74) is 1.75. The maximum Gasteiger partial charge on any atom is 0.269 e. The van der Waals surface area contributed by atoms with Crippen LogP contribution in [-0.4, -0.2) is 10.7 Å². The zero-order valence-corrected chi connectivity index (χ0v) is 10.3. The Balaban J connectivity index is 2.22. The van der Waals surface area contributed by atoms with Gasteiger partial charge in [-0.25, -0.2) is 0 Å². The highest BCUT2D eigenvalue weighted by Crippen LogP contribution is 2.26. The van der Waals surface area contributed by atoms with Crippen LogP contribution < -0.4 is 0 Å². The van der Waals surface area contributed by atoms with Crippen molar-refractivity contribution >= 4 is 17.5 Å². The van der Waals surface area contributed by atoms with Gasteiger partial charge in [0.15, 0.2) is 5.78 Å². The third-order valence-electron chi connectivity index (χ3n) is 3.29. The van der Waals surface area contributed by atoms with Crippen LogP contribution in [0.3, 0.4) is 0 Å².